The smallest absolute Gasteiger partial charge is 0.164 e. The fraction of sp³-hybridized carbons (Fsp3) is 0.0769. The molecule has 0 unspecified atom stereocenters. The van der Waals surface area contributed by atoms with Crippen molar-refractivity contribution in [2.24, 2.45) is 0 Å². The van der Waals surface area contributed by atoms with Crippen LogP contribution in [0.25, 0.3) is 11.1 Å². The van der Waals surface area contributed by atoms with Gasteiger partial charge >= 0.3 is 0 Å². The first-order chi connectivity index (χ1) is 7.58. The first-order valence-electron chi connectivity index (χ1n) is 4.83. The van der Waals surface area contributed by atoms with Gasteiger partial charge in [-0.05, 0) is 36.2 Å². The topological polar surface area (TPSA) is 20.2 Å². The van der Waals surface area contributed by atoms with E-state index in [1.807, 2.05) is 25.1 Å². The third-order valence-electron chi connectivity index (χ3n) is 2.38. The van der Waals surface area contributed by atoms with Gasteiger partial charge in [-0.15, -0.1) is 0 Å². The lowest BCUT2D eigenvalue weighted by Crippen LogP contribution is -1.83. The highest BCUT2D eigenvalue weighted by atomic mass is 35.5. The Morgan fingerprint density at radius 2 is 1.88 bits per heavy atom. The van der Waals surface area contributed by atoms with Crippen LogP contribution >= 0.6 is 11.6 Å². The van der Waals surface area contributed by atoms with Crippen molar-refractivity contribution in [3.63, 3.8) is 0 Å². The Balaban J connectivity index is 2.54. The lowest BCUT2D eigenvalue weighted by Gasteiger charge is -2.06. The van der Waals surface area contributed by atoms with E-state index in [1.54, 1.807) is 6.07 Å². The Hall–Kier alpha value is -1.54. The second kappa shape index (κ2) is 4.14. The molecule has 0 aliphatic rings. The Labute approximate surface area is 98.1 Å². The molecular weight excluding hydrogens is 227 g/mol. The molecule has 16 heavy (non-hydrogen) atoms. The third kappa shape index (κ3) is 2.02. The van der Waals surface area contributed by atoms with Crippen LogP contribution < -0.4 is 0 Å². The second-order valence-electron chi connectivity index (χ2n) is 3.65. The van der Waals surface area contributed by atoms with Crippen LogP contribution in [0.4, 0.5) is 4.39 Å². The Bertz CT molecular complexity index is 537. The molecule has 0 aromatic heterocycles. The minimum absolute atomic E-state index is 0.367. The van der Waals surface area contributed by atoms with Crippen LogP contribution in [0.5, 0.6) is 5.75 Å². The number of hydrogen-bond acceptors (Lipinski definition) is 1. The molecular formula is C13H10ClFO. The number of halogens is 2. The van der Waals surface area contributed by atoms with E-state index in [0.717, 1.165) is 11.1 Å². The molecule has 0 radical (unpaired) electrons. The Morgan fingerprint density at radius 3 is 2.50 bits per heavy atom. The van der Waals surface area contributed by atoms with E-state index in [2.05, 4.69) is 0 Å². The number of benzene rings is 2. The summed E-state index contributed by atoms with van der Waals surface area (Å²) < 4.78 is 12.9. The van der Waals surface area contributed by atoms with Gasteiger partial charge < -0.3 is 5.11 Å². The van der Waals surface area contributed by atoms with Crippen molar-refractivity contribution in [3.8, 4) is 16.9 Å². The van der Waals surface area contributed by atoms with Gasteiger partial charge in [-0.25, -0.2) is 4.39 Å². The van der Waals surface area contributed by atoms with Gasteiger partial charge in [-0.1, -0.05) is 29.8 Å². The molecule has 2 aromatic carbocycles. The van der Waals surface area contributed by atoms with Crippen LogP contribution in [0.2, 0.25) is 5.02 Å². The zero-order chi connectivity index (χ0) is 11.7. The average molecular weight is 237 g/mol. The number of hydrogen-bond donors (Lipinski definition) is 1. The molecule has 82 valence electrons. The normalized spacial score (nSPS) is 10.4. The molecule has 2 aromatic rings. The highest BCUT2D eigenvalue weighted by molar-refractivity contribution is 6.33. The number of rotatable bonds is 1. The molecule has 0 atom stereocenters. The third-order valence-corrected chi connectivity index (χ3v) is 2.69. The molecule has 0 spiro atoms. The van der Waals surface area contributed by atoms with Gasteiger partial charge in [-0.3, -0.25) is 0 Å². The summed E-state index contributed by atoms with van der Waals surface area (Å²) in [5, 5.41) is 9.88. The summed E-state index contributed by atoms with van der Waals surface area (Å²) in [6.45, 7) is 1.94. The summed E-state index contributed by atoms with van der Waals surface area (Å²) in [4.78, 5) is 0. The van der Waals surface area contributed by atoms with Crippen molar-refractivity contribution < 1.29 is 9.50 Å². The summed E-state index contributed by atoms with van der Waals surface area (Å²) in [5.41, 5.74) is 2.53. The van der Waals surface area contributed by atoms with Gasteiger partial charge in [0.1, 0.15) is 0 Å². The molecule has 0 bridgehead atoms. The van der Waals surface area contributed by atoms with Gasteiger partial charge in [0, 0.05) is 10.6 Å². The molecule has 0 heterocycles. The summed E-state index contributed by atoms with van der Waals surface area (Å²) in [7, 11) is 0. The van der Waals surface area contributed by atoms with Crippen LogP contribution in [0.1, 0.15) is 5.56 Å². The van der Waals surface area contributed by atoms with Crippen molar-refractivity contribution in [2.45, 2.75) is 6.92 Å². The second-order valence-corrected chi connectivity index (χ2v) is 4.06. The van der Waals surface area contributed by atoms with E-state index in [-0.39, 0.29) is 5.75 Å². The number of phenols is 1. The first kappa shape index (κ1) is 11.0. The maximum absolute atomic E-state index is 12.9. The van der Waals surface area contributed by atoms with E-state index in [1.165, 1.54) is 12.1 Å². The summed E-state index contributed by atoms with van der Waals surface area (Å²) in [5.74, 6) is -0.999. The zero-order valence-electron chi connectivity index (χ0n) is 8.67. The highest BCUT2D eigenvalue weighted by Gasteiger charge is 2.06. The largest absolute Gasteiger partial charge is 0.505 e. The van der Waals surface area contributed by atoms with Gasteiger partial charge in [0.2, 0.25) is 0 Å². The Kier molecular flexibility index (Phi) is 2.84. The molecule has 2 rings (SSSR count). The minimum Gasteiger partial charge on any atom is -0.505 e. The molecule has 0 aliphatic carbocycles. The van der Waals surface area contributed by atoms with Gasteiger partial charge in [0.25, 0.3) is 0 Å². The number of aromatic hydroxyl groups is 1. The number of phenolic OH excluding ortho intramolecular Hbond substituents is 1. The average Bonchev–Trinajstić information content (AvgIpc) is 2.22. The fourth-order valence-electron chi connectivity index (χ4n) is 1.53. The molecule has 1 N–H and O–H groups in total. The summed E-state index contributed by atoms with van der Waals surface area (Å²) in [6.07, 6.45) is 0. The maximum Gasteiger partial charge on any atom is 0.164 e. The Morgan fingerprint density at radius 1 is 1.12 bits per heavy atom. The minimum atomic E-state index is -0.632. The molecule has 0 saturated carbocycles. The van der Waals surface area contributed by atoms with Crippen LogP contribution in [0.15, 0.2) is 36.4 Å². The predicted octanol–water partition coefficient (Wildman–Crippen LogP) is 4.16. The lowest BCUT2D eigenvalue weighted by molar-refractivity contribution is 0.433. The van der Waals surface area contributed by atoms with Gasteiger partial charge in [0.05, 0.1) is 0 Å². The van der Waals surface area contributed by atoms with E-state index in [4.69, 9.17) is 11.6 Å². The van der Waals surface area contributed by atoms with Crippen LogP contribution in [-0.2, 0) is 0 Å². The quantitative estimate of drug-likeness (QED) is 0.788. The molecule has 0 aliphatic heterocycles. The summed E-state index contributed by atoms with van der Waals surface area (Å²) >= 11 is 6.08. The van der Waals surface area contributed by atoms with E-state index in [9.17, 15) is 9.50 Å². The van der Waals surface area contributed by atoms with E-state index < -0.39 is 5.82 Å². The molecule has 0 fully saturated rings. The highest BCUT2D eigenvalue weighted by Crippen LogP contribution is 2.31. The van der Waals surface area contributed by atoms with Crippen LogP contribution in [0, 0.1) is 12.7 Å². The zero-order valence-corrected chi connectivity index (χ0v) is 9.42. The predicted molar refractivity (Wildman–Crippen MR) is 63.2 cm³/mol. The van der Waals surface area contributed by atoms with E-state index >= 15 is 0 Å². The lowest BCUT2D eigenvalue weighted by atomic mass is 10.0. The summed E-state index contributed by atoms with van der Waals surface area (Å²) in [6, 6.07) is 9.78. The van der Waals surface area contributed by atoms with Gasteiger partial charge in [-0.2, -0.15) is 0 Å². The van der Waals surface area contributed by atoms with Crippen LogP contribution in [-0.4, -0.2) is 5.11 Å². The van der Waals surface area contributed by atoms with Crippen molar-refractivity contribution in [3.05, 3.63) is 52.8 Å². The monoisotopic (exact) mass is 236 g/mol. The number of aryl methyl sites for hydroxylation is 1. The van der Waals surface area contributed by atoms with E-state index in [0.29, 0.717) is 10.6 Å². The molecule has 0 saturated heterocycles. The molecule has 1 nitrogen and oxygen atoms in total. The molecule has 3 heteroatoms. The fourth-order valence-corrected chi connectivity index (χ4v) is 1.88. The van der Waals surface area contributed by atoms with Gasteiger partial charge in [0.15, 0.2) is 11.6 Å². The standard InChI is InChI=1S/C13H10ClFO/c1-8-2-4-10(11(14)6-8)9-3-5-12(15)13(16)7-9/h2-7,16H,1H3. The molecule has 0 amide bonds. The first-order valence-corrected chi connectivity index (χ1v) is 5.21. The van der Waals surface area contributed by atoms with Crippen LogP contribution in [0.3, 0.4) is 0 Å². The van der Waals surface area contributed by atoms with Crippen molar-refractivity contribution in [1.29, 1.82) is 0 Å². The van der Waals surface area contributed by atoms with Crippen molar-refractivity contribution >= 4 is 11.6 Å². The van der Waals surface area contributed by atoms with Crippen molar-refractivity contribution in [1.82, 2.24) is 0 Å². The van der Waals surface area contributed by atoms with Crippen molar-refractivity contribution in [2.75, 3.05) is 0 Å². The SMILES string of the molecule is Cc1ccc(-c2ccc(F)c(O)c2)c(Cl)c1. The maximum atomic E-state index is 12.9.